The number of hydrogen-bond donors (Lipinski definition) is 1. The first-order valence-electron chi connectivity index (χ1n) is 8.21. The summed E-state index contributed by atoms with van der Waals surface area (Å²) >= 11 is 5.33. The van der Waals surface area contributed by atoms with Gasteiger partial charge in [-0.25, -0.2) is 0 Å². The van der Waals surface area contributed by atoms with E-state index in [1.807, 2.05) is 59.2 Å². The van der Waals surface area contributed by atoms with Crippen LogP contribution < -0.4 is 9.64 Å². The van der Waals surface area contributed by atoms with Crippen LogP contribution in [-0.2, 0) is 11.3 Å². The molecule has 1 amide bonds. The molecule has 6 nitrogen and oxygen atoms in total. The molecule has 3 aromatic rings. The lowest BCUT2D eigenvalue weighted by Gasteiger charge is -2.17. The van der Waals surface area contributed by atoms with Crippen LogP contribution in [0.15, 0.2) is 54.6 Å². The highest BCUT2D eigenvalue weighted by molar-refractivity contribution is 7.71. The van der Waals surface area contributed by atoms with Gasteiger partial charge in [-0.05, 0) is 48.6 Å². The second-order valence-electron chi connectivity index (χ2n) is 5.77. The molecule has 2 aromatic carbocycles. The average molecular weight is 368 g/mol. The van der Waals surface area contributed by atoms with Crippen molar-refractivity contribution in [3.05, 3.63) is 59.4 Å². The number of ether oxygens (including phenoxy) is 1. The first-order chi connectivity index (χ1) is 12.6. The van der Waals surface area contributed by atoms with Crippen LogP contribution in [0.5, 0.6) is 5.75 Å². The van der Waals surface area contributed by atoms with Crippen molar-refractivity contribution < 1.29 is 9.53 Å². The summed E-state index contributed by atoms with van der Waals surface area (Å²) in [5.74, 6) is 1.49. The van der Waals surface area contributed by atoms with Crippen molar-refractivity contribution in [1.29, 1.82) is 0 Å². The number of H-pyrrole nitrogens is 1. The van der Waals surface area contributed by atoms with Gasteiger partial charge in [-0.1, -0.05) is 18.2 Å². The lowest BCUT2D eigenvalue weighted by molar-refractivity contribution is -0.118. The number of aromatic nitrogens is 3. The molecule has 0 unspecified atom stereocenters. The second-order valence-corrected chi connectivity index (χ2v) is 6.16. The number of nitrogens with zero attached hydrogens (tertiary/aromatic N) is 3. The van der Waals surface area contributed by atoms with E-state index >= 15 is 0 Å². The minimum atomic E-state index is 0.0139. The van der Waals surface area contributed by atoms with E-state index in [1.54, 1.807) is 19.1 Å². The molecule has 134 valence electrons. The summed E-state index contributed by atoms with van der Waals surface area (Å²) < 4.78 is 7.51. The standard InChI is InChI=1S/C19H20N4O2S/c1-22(15-6-4-3-5-7-15)17(24)12-13-23-18(20-21-19(23)26)14-8-10-16(25-2)11-9-14/h3-11H,12-13H2,1-2H3,(H,21,26). The Morgan fingerprint density at radius 1 is 1.19 bits per heavy atom. The van der Waals surface area contributed by atoms with Crippen molar-refractivity contribution in [1.82, 2.24) is 14.8 Å². The van der Waals surface area contributed by atoms with Gasteiger partial charge in [0.15, 0.2) is 10.6 Å². The molecular weight excluding hydrogens is 348 g/mol. The summed E-state index contributed by atoms with van der Waals surface area (Å²) in [5, 5.41) is 7.11. The van der Waals surface area contributed by atoms with Crippen LogP contribution in [0.25, 0.3) is 11.4 Å². The number of anilines is 1. The molecule has 1 aromatic heterocycles. The van der Waals surface area contributed by atoms with Crippen LogP contribution in [-0.4, -0.2) is 34.8 Å². The van der Waals surface area contributed by atoms with Crippen molar-refractivity contribution in [2.45, 2.75) is 13.0 Å². The highest BCUT2D eigenvalue weighted by Gasteiger charge is 2.14. The van der Waals surface area contributed by atoms with Crippen molar-refractivity contribution in [2.75, 3.05) is 19.1 Å². The number of carbonyl (C=O) groups is 1. The Kier molecular flexibility index (Phi) is 5.48. The predicted molar refractivity (Wildman–Crippen MR) is 104 cm³/mol. The van der Waals surface area contributed by atoms with Gasteiger partial charge in [0.2, 0.25) is 5.91 Å². The maximum atomic E-state index is 12.5. The Morgan fingerprint density at radius 3 is 2.54 bits per heavy atom. The number of benzene rings is 2. The van der Waals surface area contributed by atoms with E-state index < -0.39 is 0 Å². The number of nitrogens with one attached hydrogen (secondary N) is 1. The third kappa shape index (κ3) is 3.83. The zero-order chi connectivity index (χ0) is 18.5. The largest absolute Gasteiger partial charge is 0.497 e. The van der Waals surface area contributed by atoms with Gasteiger partial charge in [0, 0.05) is 31.3 Å². The lowest BCUT2D eigenvalue weighted by Crippen LogP contribution is -2.27. The zero-order valence-electron chi connectivity index (χ0n) is 14.7. The number of hydrogen-bond acceptors (Lipinski definition) is 4. The monoisotopic (exact) mass is 368 g/mol. The molecule has 0 saturated carbocycles. The van der Waals surface area contributed by atoms with Gasteiger partial charge in [0.25, 0.3) is 0 Å². The highest BCUT2D eigenvalue weighted by atomic mass is 32.1. The maximum Gasteiger partial charge on any atom is 0.228 e. The number of aromatic amines is 1. The van der Waals surface area contributed by atoms with Gasteiger partial charge >= 0.3 is 0 Å². The molecule has 7 heteroatoms. The number of amides is 1. The Balaban J connectivity index is 1.75. The number of methoxy groups -OCH3 is 1. The Labute approximate surface area is 157 Å². The SMILES string of the molecule is COc1ccc(-c2n[nH]c(=S)n2CCC(=O)N(C)c2ccccc2)cc1. The van der Waals surface area contributed by atoms with Gasteiger partial charge in [-0.3, -0.25) is 14.5 Å². The lowest BCUT2D eigenvalue weighted by atomic mass is 10.2. The second kappa shape index (κ2) is 7.97. The molecule has 0 radical (unpaired) electrons. The Hall–Kier alpha value is -2.93. The van der Waals surface area contributed by atoms with Gasteiger partial charge in [-0.2, -0.15) is 5.10 Å². The quantitative estimate of drug-likeness (QED) is 0.675. The molecule has 0 bridgehead atoms. The van der Waals surface area contributed by atoms with Crippen LogP contribution in [0, 0.1) is 4.77 Å². The zero-order valence-corrected chi connectivity index (χ0v) is 15.5. The summed E-state index contributed by atoms with van der Waals surface area (Å²) in [6.07, 6.45) is 0.322. The Bertz CT molecular complexity index is 932. The molecule has 1 N–H and O–H groups in total. The van der Waals surface area contributed by atoms with E-state index in [-0.39, 0.29) is 5.91 Å². The van der Waals surface area contributed by atoms with E-state index in [4.69, 9.17) is 17.0 Å². The minimum Gasteiger partial charge on any atom is -0.497 e. The number of para-hydroxylation sites is 1. The van der Waals surface area contributed by atoms with E-state index in [0.29, 0.717) is 23.6 Å². The molecule has 0 fully saturated rings. The average Bonchev–Trinajstić information content (AvgIpc) is 3.06. The van der Waals surface area contributed by atoms with Crippen molar-refractivity contribution in [3.63, 3.8) is 0 Å². The highest BCUT2D eigenvalue weighted by Crippen LogP contribution is 2.21. The summed E-state index contributed by atoms with van der Waals surface area (Å²) in [5.41, 5.74) is 1.77. The van der Waals surface area contributed by atoms with Crippen LogP contribution in [0.1, 0.15) is 6.42 Å². The molecule has 1 heterocycles. The third-order valence-corrected chi connectivity index (χ3v) is 4.49. The van der Waals surface area contributed by atoms with Gasteiger partial charge in [0.1, 0.15) is 5.75 Å². The number of rotatable bonds is 6. The van der Waals surface area contributed by atoms with Crippen LogP contribution >= 0.6 is 12.2 Å². The smallest absolute Gasteiger partial charge is 0.228 e. The fourth-order valence-electron chi connectivity index (χ4n) is 2.66. The minimum absolute atomic E-state index is 0.0139. The fourth-order valence-corrected chi connectivity index (χ4v) is 2.88. The summed E-state index contributed by atoms with van der Waals surface area (Å²) in [7, 11) is 3.40. The summed E-state index contributed by atoms with van der Waals surface area (Å²) in [6, 6.07) is 17.1. The van der Waals surface area contributed by atoms with Gasteiger partial charge in [-0.15, -0.1) is 0 Å². The molecular formula is C19H20N4O2S. The van der Waals surface area contributed by atoms with E-state index in [1.165, 1.54) is 0 Å². The first-order valence-corrected chi connectivity index (χ1v) is 8.62. The summed E-state index contributed by atoms with van der Waals surface area (Å²) in [6.45, 7) is 0.451. The van der Waals surface area contributed by atoms with Crippen LogP contribution in [0.2, 0.25) is 0 Å². The molecule has 0 aliphatic carbocycles. The topological polar surface area (TPSA) is 63.1 Å². The molecule has 0 spiro atoms. The first kappa shape index (κ1) is 17.9. The van der Waals surface area contributed by atoms with E-state index in [9.17, 15) is 4.79 Å². The Morgan fingerprint density at radius 2 is 1.88 bits per heavy atom. The van der Waals surface area contributed by atoms with Crippen LogP contribution in [0.3, 0.4) is 0 Å². The van der Waals surface area contributed by atoms with Crippen LogP contribution in [0.4, 0.5) is 5.69 Å². The maximum absolute atomic E-state index is 12.5. The van der Waals surface area contributed by atoms with Crippen molar-refractivity contribution >= 4 is 23.8 Å². The van der Waals surface area contributed by atoms with E-state index in [0.717, 1.165) is 17.0 Å². The fraction of sp³-hybridized carbons (Fsp3) is 0.211. The molecule has 26 heavy (non-hydrogen) atoms. The molecule has 0 atom stereocenters. The molecule has 0 saturated heterocycles. The van der Waals surface area contributed by atoms with E-state index in [2.05, 4.69) is 10.2 Å². The van der Waals surface area contributed by atoms with Crippen molar-refractivity contribution in [3.8, 4) is 17.1 Å². The number of carbonyl (C=O) groups excluding carboxylic acids is 1. The van der Waals surface area contributed by atoms with Gasteiger partial charge in [0.05, 0.1) is 7.11 Å². The van der Waals surface area contributed by atoms with Crippen molar-refractivity contribution in [2.24, 2.45) is 0 Å². The predicted octanol–water partition coefficient (Wildman–Crippen LogP) is 3.67. The summed E-state index contributed by atoms with van der Waals surface area (Å²) in [4.78, 5) is 14.2. The normalized spacial score (nSPS) is 10.5. The molecule has 0 aliphatic heterocycles. The third-order valence-electron chi connectivity index (χ3n) is 4.17. The molecule has 0 aliphatic rings. The molecule has 3 rings (SSSR count). The van der Waals surface area contributed by atoms with Gasteiger partial charge < -0.3 is 9.64 Å².